The molecule has 2 heterocycles. The van der Waals surface area contributed by atoms with Crippen LogP contribution in [-0.4, -0.2) is 17.3 Å². The minimum atomic E-state index is -0.357. The highest BCUT2D eigenvalue weighted by atomic mass is 32.1. The van der Waals surface area contributed by atoms with E-state index in [4.69, 9.17) is 13.9 Å². The summed E-state index contributed by atoms with van der Waals surface area (Å²) in [5.41, 5.74) is 1.93. The van der Waals surface area contributed by atoms with Crippen molar-refractivity contribution in [1.29, 1.82) is 0 Å². The van der Waals surface area contributed by atoms with E-state index < -0.39 is 0 Å². The molecule has 8 heteroatoms. The van der Waals surface area contributed by atoms with Crippen LogP contribution in [0.2, 0.25) is 0 Å². The summed E-state index contributed by atoms with van der Waals surface area (Å²) >= 11 is 1.42. The molecule has 0 aliphatic heterocycles. The van der Waals surface area contributed by atoms with Crippen LogP contribution >= 0.6 is 11.3 Å². The lowest BCUT2D eigenvalue weighted by Gasteiger charge is -2.06. The van der Waals surface area contributed by atoms with Gasteiger partial charge in [0.15, 0.2) is 5.01 Å². The second kappa shape index (κ2) is 7.69. The average molecular weight is 395 g/mol. The third-order valence-electron chi connectivity index (χ3n) is 4.09. The van der Waals surface area contributed by atoms with E-state index in [1.807, 2.05) is 37.3 Å². The van der Waals surface area contributed by atoms with Gasteiger partial charge in [-0.25, -0.2) is 4.79 Å². The Labute approximate surface area is 164 Å². The Balaban J connectivity index is 1.42. The summed E-state index contributed by atoms with van der Waals surface area (Å²) in [5.74, 6) is 1.46. The van der Waals surface area contributed by atoms with Gasteiger partial charge in [-0.3, -0.25) is 0 Å². The second-order valence-electron chi connectivity index (χ2n) is 6.05. The third-order valence-corrected chi connectivity index (χ3v) is 4.90. The Kier molecular flexibility index (Phi) is 4.94. The van der Waals surface area contributed by atoms with Crippen molar-refractivity contribution < 1.29 is 13.9 Å². The lowest BCUT2D eigenvalue weighted by atomic mass is 10.1. The summed E-state index contributed by atoms with van der Waals surface area (Å²) in [5, 5.41) is 13.8. The van der Waals surface area contributed by atoms with Crippen molar-refractivity contribution in [2.24, 2.45) is 0 Å². The number of hydrogen-bond donors (Lipinski definition) is 1. The van der Waals surface area contributed by atoms with Gasteiger partial charge in [0.2, 0.25) is 5.13 Å². The maximum Gasteiger partial charge on any atom is 0.336 e. The Morgan fingerprint density at radius 1 is 1.07 bits per heavy atom. The number of anilines is 2. The van der Waals surface area contributed by atoms with Crippen LogP contribution in [0, 0.1) is 6.92 Å². The second-order valence-corrected chi connectivity index (χ2v) is 7.11. The van der Waals surface area contributed by atoms with Crippen LogP contribution in [0.5, 0.6) is 11.5 Å². The maximum atomic E-state index is 11.4. The van der Waals surface area contributed by atoms with E-state index in [-0.39, 0.29) is 5.63 Å². The van der Waals surface area contributed by atoms with Gasteiger partial charge in [0.1, 0.15) is 23.7 Å². The van der Waals surface area contributed by atoms with Crippen molar-refractivity contribution in [1.82, 2.24) is 10.2 Å². The van der Waals surface area contributed by atoms with Gasteiger partial charge < -0.3 is 19.2 Å². The van der Waals surface area contributed by atoms with E-state index in [1.165, 1.54) is 17.4 Å². The number of benzene rings is 2. The SMILES string of the molecule is COc1ccc(Nc2nnc(COc3ccc4oc(=O)cc(C)c4c3)s2)cc1. The zero-order valence-corrected chi connectivity index (χ0v) is 16.1. The van der Waals surface area contributed by atoms with Crippen molar-refractivity contribution in [2.75, 3.05) is 12.4 Å². The number of aromatic nitrogens is 2. The van der Waals surface area contributed by atoms with Gasteiger partial charge in [-0.1, -0.05) is 11.3 Å². The molecule has 0 atom stereocenters. The maximum absolute atomic E-state index is 11.4. The molecule has 0 radical (unpaired) electrons. The molecule has 2 aromatic heterocycles. The molecule has 0 saturated heterocycles. The largest absolute Gasteiger partial charge is 0.497 e. The van der Waals surface area contributed by atoms with E-state index in [0.29, 0.717) is 23.1 Å². The molecule has 0 fully saturated rings. The molecule has 0 bridgehead atoms. The number of ether oxygens (including phenoxy) is 2. The summed E-state index contributed by atoms with van der Waals surface area (Å²) < 4.78 is 16.2. The quantitative estimate of drug-likeness (QED) is 0.488. The molecule has 0 saturated carbocycles. The predicted molar refractivity (Wildman–Crippen MR) is 108 cm³/mol. The number of fused-ring (bicyclic) bond motifs is 1. The lowest BCUT2D eigenvalue weighted by Crippen LogP contribution is -1.99. The highest BCUT2D eigenvalue weighted by Gasteiger charge is 2.08. The summed E-state index contributed by atoms with van der Waals surface area (Å²) in [7, 11) is 1.63. The molecule has 1 N–H and O–H groups in total. The minimum absolute atomic E-state index is 0.295. The van der Waals surface area contributed by atoms with Gasteiger partial charge >= 0.3 is 5.63 Å². The van der Waals surface area contributed by atoms with E-state index >= 15 is 0 Å². The first-order chi connectivity index (χ1) is 13.6. The minimum Gasteiger partial charge on any atom is -0.497 e. The van der Waals surface area contributed by atoms with E-state index in [9.17, 15) is 4.79 Å². The summed E-state index contributed by atoms with van der Waals surface area (Å²) in [6, 6.07) is 14.4. The zero-order chi connectivity index (χ0) is 19.5. The molecule has 0 aliphatic rings. The van der Waals surface area contributed by atoms with Crippen LogP contribution in [0.15, 0.2) is 57.7 Å². The van der Waals surface area contributed by atoms with Crippen LogP contribution in [0.3, 0.4) is 0 Å². The van der Waals surface area contributed by atoms with Crippen LogP contribution in [0.1, 0.15) is 10.6 Å². The molecule has 0 unspecified atom stereocenters. The molecular weight excluding hydrogens is 378 g/mol. The standard InChI is InChI=1S/C20H17N3O4S/c1-12-9-19(24)27-17-8-7-15(10-16(12)17)26-11-18-22-23-20(28-18)21-13-3-5-14(25-2)6-4-13/h3-10H,11H2,1-2H3,(H,21,23). The van der Waals surface area contributed by atoms with Gasteiger partial charge in [0, 0.05) is 17.1 Å². The van der Waals surface area contributed by atoms with Crippen molar-refractivity contribution >= 4 is 33.1 Å². The summed E-state index contributed by atoms with van der Waals surface area (Å²) in [4.78, 5) is 11.4. The molecule has 28 heavy (non-hydrogen) atoms. The predicted octanol–water partition coefficient (Wildman–Crippen LogP) is 4.28. The topological polar surface area (TPSA) is 86.5 Å². The molecule has 4 rings (SSSR count). The molecule has 2 aromatic carbocycles. The van der Waals surface area contributed by atoms with Crippen molar-refractivity contribution in [3.63, 3.8) is 0 Å². The number of nitrogens with one attached hydrogen (secondary N) is 1. The van der Waals surface area contributed by atoms with E-state index in [2.05, 4.69) is 15.5 Å². The Bertz CT molecular complexity index is 1170. The Morgan fingerprint density at radius 3 is 2.64 bits per heavy atom. The van der Waals surface area contributed by atoms with Crippen molar-refractivity contribution in [3.8, 4) is 11.5 Å². The molecule has 0 aliphatic carbocycles. The highest BCUT2D eigenvalue weighted by molar-refractivity contribution is 7.15. The van der Waals surface area contributed by atoms with Gasteiger partial charge in [-0.2, -0.15) is 0 Å². The average Bonchev–Trinajstić information content (AvgIpc) is 3.14. The highest BCUT2D eigenvalue weighted by Crippen LogP contribution is 2.25. The lowest BCUT2D eigenvalue weighted by molar-refractivity contribution is 0.305. The van der Waals surface area contributed by atoms with Gasteiger partial charge in [0.25, 0.3) is 0 Å². The van der Waals surface area contributed by atoms with Gasteiger partial charge in [-0.15, -0.1) is 10.2 Å². The fourth-order valence-electron chi connectivity index (χ4n) is 2.69. The van der Waals surface area contributed by atoms with Crippen LogP contribution in [0.25, 0.3) is 11.0 Å². The van der Waals surface area contributed by atoms with Crippen molar-refractivity contribution in [2.45, 2.75) is 13.5 Å². The Morgan fingerprint density at radius 2 is 1.86 bits per heavy atom. The smallest absolute Gasteiger partial charge is 0.336 e. The molecule has 7 nitrogen and oxygen atoms in total. The van der Waals surface area contributed by atoms with Crippen LogP contribution < -0.4 is 20.4 Å². The molecule has 4 aromatic rings. The third kappa shape index (κ3) is 3.96. The number of rotatable bonds is 6. The van der Waals surface area contributed by atoms with Crippen LogP contribution in [-0.2, 0) is 6.61 Å². The molecule has 0 spiro atoms. The number of hydrogen-bond acceptors (Lipinski definition) is 8. The van der Waals surface area contributed by atoms with Crippen LogP contribution in [0.4, 0.5) is 10.8 Å². The normalized spacial score (nSPS) is 10.8. The fourth-order valence-corrected chi connectivity index (χ4v) is 3.37. The zero-order valence-electron chi connectivity index (χ0n) is 15.3. The fraction of sp³-hybridized carbons (Fsp3) is 0.150. The summed E-state index contributed by atoms with van der Waals surface area (Å²) in [6.45, 7) is 2.16. The first-order valence-electron chi connectivity index (χ1n) is 8.51. The number of nitrogens with zero attached hydrogens (tertiary/aromatic N) is 2. The van der Waals surface area contributed by atoms with Gasteiger partial charge in [-0.05, 0) is 55.0 Å². The molecule has 142 valence electrons. The first-order valence-corrected chi connectivity index (χ1v) is 9.33. The molecular formula is C20H17N3O4S. The number of aryl methyl sites for hydroxylation is 1. The number of methoxy groups -OCH3 is 1. The van der Waals surface area contributed by atoms with E-state index in [1.54, 1.807) is 19.2 Å². The van der Waals surface area contributed by atoms with Gasteiger partial charge in [0.05, 0.1) is 7.11 Å². The molecule has 0 amide bonds. The van der Waals surface area contributed by atoms with E-state index in [0.717, 1.165) is 27.4 Å². The monoisotopic (exact) mass is 395 g/mol. The Hall–Kier alpha value is -3.39. The first kappa shape index (κ1) is 18.0. The summed E-state index contributed by atoms with van der Waals surface area (Å²) in [6.07, 6.45) is 0. The van der Waals surface area contributed by atoms with Crippen molar-refractivity contribution in [3.05, 3.63) is 69.5 Å².